The van der Waals surface area contributed by atoms with Crippen LogP contribution in [0.1, 0.15) is 25.3 Å². The zero-order valence-corrected chi connectivity index (χ0v) is 10.3. The van der Waals surface area contributed by atoms with E-state index in [4.69, 9.17) is 5.73 Å². The maximum atomic E-state index is 13.1. The third-order valence-corrected chi connectivity index (χ3v) is 3.52. The van der Waals surface area contributed by atoms with Crippen molar-refractivity contribution in [1.29, 1.82) is 0 Å². The van der Waals surface area contributed by atoms with Crippen molar-refractivity contribution in [2.24, 2.45) is 11.7 Å². The molecule has 0 radical (unpaired) electrons. The number of aromatic nitrogens is 1. The SMILES string of the molecule is CC1CCN(Cc2cncc(F)c2)C(CN)C1. The molecular weight excluding hydrogens is 217 g/mol. The molecule has 1 aliphatic heterocycles. The number of piperidine rings is 1. The number of likely N-dealkylation sites (tertiary alicyclic amines) is 1. The summed E-state index contributed by atoms with van der Waals surface area (Å²) in [5.74, 6) is 0.475. The van der Waals surface area contributed by atoms with Gasteiger partial charge < -0.3 is 5.73 Å². The predicted octanol–water partition coefficient (Wildman–Crippen LogP) is 1.78. The van der Waals surface area contributed by atoms with Crippen LogP contribution < -0.4 is 5.73 Å². The first-order chi connectivity index (χ1) is 8.19. The van der Waals surface area contributed by atoms with Crippen molar-refractivity contribution in [3.63, 3.8) is 0 Å². The average molecular weight is 237 g/mol. The fourth-order valence-electron chi connectivity index (χ4n) is 2.53. The minimum absolute atomic E-state index is 0.267. The van der Waals surface area contributed by atoms with Gasteiger partial charge in [0.15, 0.2) is 0 Å². The largest absolute Gasteiger partial charge is 0.329 e. The van der Waals surface area contributed by atoms with E-state index in [1.165, 1.54) is 12.6 Å². The van der Waals surface area contributed by atoms with E-state index >= 15 is 0 Å². The third-order valence-electron chi connectivity index (χ3n) is 3.52. The van der Waals surface area contributed by atoms with Gasteiger partial charge in [-0.3, -0.25) is 9.88 Å². The van der Waals surface area contributed by atoms with Crippen LogP contribution in [0.25, 0.3) is 0 Å². The highest BCUT2D eigenvalue weighted by atomic mass is 19.1. The summed E-state index contributed by atoms with van der Waals surface area (Å²) < 4.78 is 13.1. The van der Waals surface area contributed by atoms with Crippen molar-refractivity contribution in [3.8, 4) is 0 Å². The van der Waals surface area contributed by atoms with E-state index in [1.807, 2.05) is 0 Å². The van der Waals surface area contributed by atoms with Gasteiger partial charge in [-0.1, -0.05) is 6.92 Å². The summed E-state index contributed by atoms with van der Waals surface area (Å²) in [5, 5.41) is 0. The number of nitrogens with two attached hydrogens (primary N) is 1. The Morgan fingerprint density at radius 2 is 2.35 bits per heavy atom. The van der Waals surface area contributed by atoms with Crippen LogP contribution in [0, 0.1) is 11.7 Å². The highest BCUT2D eigenvalue weighted by molar-refractivity contribution is 5.10. The van der Waals surface area contributed by atoms with Gasteiger partial charge in [0.05, 0.1) is 6.20 Å². The lowest BCUT2D eigenvalue weighted by molar-refractivity contribution is 0.115. The van der Waals surface area contributed by atoms with Crippen molar-refractivity contribution in [3.05, 3.63) is 29.8 Å². The van der Waals surface area contributed by atoms with Gasteiger partial charge in [-0.25, -0.2) is 4.39 Å². The smallest absolute Gasteiger partial charge is 0.141 e. The highest BCUT2D eigenvalue weighted by Crippen LogP contribution is 2.23. The van der Waals surface area contributed by atoms with E-state index < -0.39 is 0 Å². The number of hydrogen-bond acceptors (Lipinski definition) is 3. The van der Waals surface area contributed by atoms with E-state index in [2.05, 4.69) is 16.8 Å². The van der Waals surface area contributed by atoms with Gasteiger partial charge in [0.1, 0.15) is 5.82 Å². The lowest BCUT2D eigenvalue weighted by Crippen LogP contribution is -2.45. The second-order valence-corrected chi connectivity index (χ2v) is 5.00. The molecule has 2 heterocycles. The van der Waals surface area contributed by atoms with Crippen LogP contribution in [0.4, 0.5) is 4.39 Å². The zero-order chi connectivity index (χ0) is 12.3. The number of rotatable bonds is 3. The Morgan fingerprint density at radius 3 is 3.06 bits per heavy atom. The molecule has 1 aromatic rings. The van der Waals surface area contributed by atoms with Crippen LogP contribution in [0.5, 0.6) is 0 Å². The topological polar surface area (TPSA) is 42.2 Å². The number of halogens is 1. The first-order valence-electron chi connectivity index (χ1n) is 6.22. The third kappa shape index (κ3) is 3.23. The van der Waals surface area contributed by atoms with Crippen LogP contribution >= 0.6 is 0 Å². The Labute approximate surface area is 102 Å². The Hall–Kier alpha value is -1.00. The maximum absolute atomic E-state index is 13.1. The normalized spacial score (nSPS) is 26.1. The maximum Gasteiger partial charge on any atom is 0.141 e. The predicted molar refractivity (Wildman–Crippen MR) is 65.8 cm³/mol. The molecule has 2 rings (SSSR count). The van der Waals surface area contributed by atoms with Crippen molar-refractivity contribution in [1.82, 2.24) is 9.88 Å². The Kier molecular flexibility index (Phi) is 4.07. The summed E-state index contributed by atoms with van der Waals surface area (Å²) in [5.41, 5.74) is 6.74. The number of pyridine rings is 1. The monoisotopic (exact) mass is 237 g/mol. The Balaban J connectivity index is 2.02. The van der Waals surface area contributed by atoms with Crippen LogP contribution in [-0.2, 0) is 6.54 Å². The second kappa shape index (κ2) is 5.56. The summed E-state index contributed by atoms with van der Waals surface area (Å²) >= 11 is 0. The fraction of sp³-hybridized carbons (Fsp3) is 0.615. The van der Waals surface area contributed by atoms with Crippen molar-refractivity contribution in [2.45, 2.75) is 32.4 Å². The standard InChI is InChI=1S/C13H20FN3/c1-10-2-3-17(13(4-10)6-15)9-11-5-12(14)8-16-7-11/h5,7-8,10,13H,2-4,6,9,15H2,1H3. The Morgan fingerprint density at radius 1 is 1.53 bits per heavy atom. The van der Waals surface area contributed by atoms with Crippen molar-refractivity contribution >= 4 is 0 Å². The number of nitrogens with zero attached hydrogens (tertiary/aromatic N) is 2. The van der Waals surface area contributed by atoms with Gasteiger partial charge in [-0.2, -0.15) is 0 Å². The first-order valence-corrected chi connectivity index (χ1v) is 6.22. The molecule has 0 bridgehead atoms. The first kappa shape index (κ1) is 12.5. The van der Waals surface area contributed by atoms with E-state index in [0.29, 0.717) is 12.6 Å². The second-order valence-electron chi connectivity index (χ2n) is 5.00. The fourth-order valence-corrected chi connectivity index (χ4v) is 2.53. The molecule has 0 aromatic carbocycles. The molecule has 0 saturated carbocycles. The summed E-state index contributed by atoms with van der Waals surface area (Å²) in [4.78, 5) is 6.23. The molecule has 0 aliphatic carbocycles. The van der Waals surface area contributed by atoms with Crippen molar-refractivity contribution in [2.75, 3.05) is 13.1 Å². The van der Waals surface area contributed by atoms with Gasteiger partial charge in [-0.05, 0) is 36.9 Å². The Bertz CT molecular complexity index is 369. The summed E-state index contributed by atoms with van der Waals surface area (Å²) in [7, 11) is 0. The van der Waals surface area contributed by atoms with Crippen LogP contribution in [0.15, 0.2) is 18.5 Å². The summed E-state index contributed by atoms with van der Waals surface area (Å²) in [6, 6.07) is 1.97. The molecule has 4 heteroatoms. The molecule has 0 amide bonds. The van der Waals surface area contributed by atoms with Gasteiger partial charge in [0, 0.05) is 25.3 Å². The lowest BCUT2D eigenvalue weighted by Gasteiger charge is -2.37. The molecular formula is C13H20FN3. The zero-order valence-electron chi connectivity index (χ0n) is 10.3. The summed E-state index contributed by atoms with van der Waals surface area (Å²) in [6.07, 6.45) is 5.30. The van der Waals surface area contributed by atoms with E-state index in [9.17, 15) is 4.39 Å². The van der Waals surface area contributed by atoms with E-state index in [1.54, 1.807) is 12.3 Å². The molecule has 1 fully saturated rings. The van der Waals surface area contributed by atoms with Gasteiger partial charge in [0.2, 0.25) is 0 Å². The molecule has 2 N–H and O–H groups in total. The molecule has 1 aromatic heterocycles. The van der Waals surface area contributed by atoms with Crippen LogP contribution in [0.3, 0.4) is 0 Å². The average Bonchev–Trinajstić information content (AvgIpc) is 2.31. The molecule has 0 spiro atoms. The van der Waals surface area contributed by atoms with Crippen molar-refractivity contribution < 1.29 is 4.39 Å². The molecule has 2 atom stereocenters. The minimum atomic E-state index is -0.267. The molecule has 2 unspecified atom stereocenters. The van der Waals surface area contributed by atoms with Gasteiger partial charge in [-0.15, -0.1) is 0 Å². The van der Waals surface area contributed by atoms with Gasteiger partial charge in [0.25, 0.3) is 0 Å². The molecule has 94 valence electrons. The lowest BCUT2D eigenvalue weighted by atomic mass is 9.92. The minimum Gasteiger partial charge on any atom is -0.329 e. The van der Waals surface area contributed by atoms with E-state index in [0.717, 1.165) is 31.0 Å². The molecule has 3 nitrogen and oxygen atoms in total. The van der Waals surface area contributed by atoms with Crippen LogP contribution in [0.2, 0.25) is 0 Å². The van der Waals surface area contributed by atoms with E-state index in [-0.39, 0.29) is 5.82 Å². The van der Waals surface area contributed by atoms with Crippen LogP contribution in [-0.4, -0.2) is 29.0 Å². The molecule has 17 heavy (non-hydrogen) atoms. The summed E-state index contributed by atoms with van der Waals surface area (Å²) in [6.45, 7) is 4.73. The van der Waals surface area contributed by atoms with Gasteiger partial charge >= 0.3 is 0 Å². The quantitative estimate of drug-likeness (QED) is 0.871. The highest BCUT2D eigenvalue weighted by Gasteiger charge is 2.25. The molecule has 1 saturated heterocycles. The molecule has 1 aliphatic rings. The number of hydrogen-bond donors (Lipinski definition) is 1.